The average Bonchev–Trinajstić information content (AvgIpc) is 2.41. The number of ether oxygens (including phenoxy) is 1. The number of halogens is 1. The van der Waals surface area contributed by atoms with Gasteiger partial charge in [0, 0.05) is 12.1 Å². The molecule has 0 aliphatic rings. The van der Waals surface area contributed by atoms with E-state index in [-0.39, 0.29) is 11.9 Å². The molecule has 2 aromatic rings. The Morgan fingerprint density at radius 2 is 1.70 bits per heavy atom. The van der Waals surface area contributed by atoms with Crippen LogP contribution in [0.5, 0.6) is 5.75 Å². The van der Waals surface area contributed by atoms with Crippen molar-refractivity contribution in [3.8, 4) is 16.9 Å². The van der Waals surface area contributed by atoms with Crippen LogP contribution in [0.3, 0.4) is 0 Å². The third-order valence-corrected chi connectivity index (χ3v) is 2.98. The van der Waals surface area contributed by atoms with Crippen molar-refractivity contribution in [1.29, 1.82) is 0 Å². The van der Waals surface area contributed by atoms with E-state index in [1.807, 2.05) is 50.2 Å². The molecule has 0 atom stereocenters. The Bertz CT molecular complexity index is 564. The summed E-state index contributed by atoms with van der Waals surface area (Å²) in [6.45, 7) is 4.51. The first-order valence-corrected chi connectivity index (χ1v) is 6.80. The summed E-state index contributed by atoms with van der Waals surface area (Å²) >= 11 is 0. The van der Waals surface area contributed by atoms with Gasteiger partial charge in [0.25, 0.3) is 0 Å². The Kier molecular flexibility index (Phi) is 4.74. The highest BCUT2D eigenvalue weighted by Crippen LogP contribution is 2.24. The van der Waals surface area contributed by atoms with E-state index >= 15 is 0 Å². The highest BCUT2D eigenvalue weighted by atomic mass is 19.1. The van der Waals surface area contributed by atoms with E-state index in [9.17, 15) is 4.39 Å². The molecule has 2 aromatic carbocycles. The molecule has 106 valence electrons. The number of benzene rings is 2. The first-order valence-electron chi connectivity index (χ1n) is 6.80. The Morgan fingerprint density at radius 1 is 1.05 bits per heavy atom. The summed E-state index contributed by atoms with van der Waals surface area (Å²) in [5, 5.41) is 2.95. The Labute approximate surface area is 119 Å². The molecule has 2 rings (SSSR count). The van der Waals surface area contributed by atoms with Gasteiger partial charge in [-0.2, -0.15) is 0 Å². The molecule has 0 saturated carbocycles. The largest absolute Gasteiger partial charge is 0.491 e. The lowest BCUT2D eigenvalue weighted by atomic mass is 10.0. The highest BCUT2D eigenvalue weighted by molar-refractivity contribution is 5.64. The molecule has 1 N–H and O–H groups in total. The van der Waals surface area contributed by atoms with Crippen LogP contribution in [-0.4, -0.2) is 13.2 Å². The number of hydrogen-bond acceptors (Lipinski definition) is 2. The lowest BCUT2D eigenvalue weighted by molar-refractivity contribution is 0.242. The fourth-order valence-electron chi connectivity index (χ4n) is 2.06. The normalized spacial score (nSPS) is 10.8. The van der Waals surface area contributed by atoms with E-state index in [4.69, 9.17) is 4.74 Å². The summed E-state index contributed by atoms with van der Waals surface area (Å²) in [5.41, 5.74) is 2.53. The van der Waals surface area contributed by atoms with Gasteiger partial charge in [0.05, 0.1) is 6.10 Å². The van der Waals surface area contributed by atoms with Crippen LogP contribution in [0.2, 0.25) is 0 Å². The maximum Gasteiger partial charge on any atom is 0.128 e. The smallest absolute Gasteiger partial charge is 0.128 e. The Hall–Kier alpha value is -1.87. The van der Waals surface area contributed by atoms with Gasteiger partial charge in [0.15, 0.2) is 0 Å². The molecule has 20 heavy (non-hydrogen) atoms. The van der Waals surface area contributed by atoms with Gasteiger partial charge in [-0.3, -0.25) is 0 Å². The van der Waals surface area contributed by atoms with Gasteiger partial charge >= 0.3 is 0 Å². The number of rotatable bonds is 5. The summed E-state index contributed by atoms with van der Waals surface area (Å²) in [7, 11) is 1.81. The van der Waals surface area contributed by atoms with Crippen molar-refractivity contribution in [3.63, 3.8) is 0 Å². The van der Waals surface area contributed by atoms with Crippen LogP contribution in [0.4, 0.5) is 4.39 Å². The molecule has 0 heterocycles. The molecule has 0 spiro atoms. The molecule has 0 aliphatic heterocycles. The topological polar surface area (TPSA) is 21.3 Å². The molecule has 0 radical (unpaired) electrons. The predicted octanol–water partition coefficient (Wildman–Crippen LogP) is 4.00. The zero-order valence-electron chi connectivity index (χ0n) is 12.1. The molecule has 0 bridgehead atoms. The summed E-state index contributed by atoms with van der Waals surface area (Å²) < 4.78 is 19.5. The predicted molar refractivity (Wildman–Crippen MR) is 80.4 cm³/mol. The minimum atomic E-state index is -0.181. The van der Waals surface area contributed by atoms with E-state index in [1.54, 1.807) is 13.1 Å². The van der Waals surface area contributed by atoms with Gasteiger partial charge in [-0.15, -0.1) is 0 Å². The molecule has 0 aromatic heterocycles. The summed E-state index contributed by atoms with van der Waals surface area (Å²) in [6.07, 6.45) is 0.152. The summed E-state index contributed by atoms with van der Waals surface area (Å²) in [6, 6.07) is 13.1. The minimum Gasteiger partial charge on any atom is -0.491 e. The molecule has 0 amide bonds. The fourth-order valence-corrected chi connectivity index (χ4v) is 2.06. The van der Waals surface area contributed by atoms with Crippen LogP contribution in [0.15, 0.2) is 42.5 Å². The average molecular weight is 273 g/mol. The van der Waals surface area contributed by atoms with E-state index in [0.29, 0.717) is 12.1 Å². The first-order chi connectivity index (χ1) is 9.60. The minimum absolute atomic E-state index is 0.152. The third-order valence-electron chi connectivity index (χ3n) is 2.98. The highest BCUT2D eigenvalue weighted by Gasteiger charge is 2.05. The van der Waals surface area contributed by atoms with Crippen molar-refractivity contribution in [3.05, 3.63) is 53.8 Å². The van der Waals surface area contributed by atoms with Crippen LogP contribution in [-0.2, 0) is 6.54 Å². The van der Waals surface area contributed by atoms with E-state index in [0.717, 1.165) is 16.9 Å². The van der Waals surface area contributed by atoms with E-state index < -0.39 is 0 Å². The van der Waals surface area contributed by atoms with Crippen molar-refractivity contribution in [2.45, 2.75) is 26.5 Å². The van der Waals surface area contributed by atoms with E-state index in [2.05, 4.69) is 5.32 Å². The van der Waals surface area contributed by atoms with Gasteiger partial charge in [-0.1, -0.05) is 24.3 Å². The standard InChI is InChI=1S/C17H20FNO/c1-12(2)20-16-8-6-13(7-9-16)14-4-5-15(11-19-3)17(18)10-14/h4-10,12,19H,11H2,1-3H3. The van der Waals surface area contributed by atoms with Gasteiger partial charge in [0.2, 0.25) is 0 Å². The van der Waals surface area contributed by atoms with Crippen LogP contribution in [0.25, 0.3) is 11.1 Å². The molecule has 3 heteroatoms. The van der Waals surface area contributed by atoms with Crippen molar-refractivity contribution < 1.29 is 9.13 Å². The molecule has 0 aliphatic carbocycles. The lowest BCUT2D eigenvalue weighted by Gasteiger charge is -2.10. The monoisotopic (exact) mass is 273 g/mol. The summed E-state index contributed by atoms with van der Waals surface area (Å²) in [4.78, 5) is 0. The van der Waals surface area contributed by atoms with Gasteiger partial charge in [0.1, 0.15) is 11.6 Å². The zero-order chi connectivity index (χ0) is 14.5. The second-order valence-electron chi connectivity index (χ2n) is 5.03. The molecule has 0 unspecified atom stereocenters. The van der Waals surface area contributed by atoms with Gasteiger partial charge in [-0.25, -0.2) is 4.39 Å². The van der Waals surface area contributed by atoms with Crippen molar-refractivity contribution in [2.75, 3.05) is 7.05 Å². The zero-order valence-corrected chi connectivity index (χ0v) is 12.1. The molecular formula is C17H20FNO. The number of nitrogens with one attached hydrogen (secondary N) is 1. The lowest BCUT2D eigenvalue weighted by Crippen LogP contribution is -2.06. The van der Waals surface area contributed by atoms with Crippen LogP contribution in [0, 0.1) is 5.82 Å². The molecule has 0 fully saturated rings. The molecule has 0 saturated heterocycles. The van der Waals surface area contributed by atoms with Crippen LogP contribution in [0.1, 0.15) is 19.4 Å². The van der Waals surface area contributed by atoms with E-state index in [1.165, 1.54) is 0 Å². The second kappa shape index (κ2) is 6.53. The van der Waals surface area contributed by atoms with Crippen molar-refractivity contribution in [2.24, 2.45) is 0 Å². The fraction of sp³-hybridized carbons (Fsp3) is 0.294. The SMILES string of the molecule is CNCc1ccc(-c2ccc(OC(C)C)cc2)cc1F. The van der Waals surface area contributed by atoms with Gasteiger partial charge in [-0.05, 0) is 50.2 Å². The maximum atomic E-state index is 13.9. The first kappa shape index (κ1) is 14.5. The molecular weight excluding hydrogens is 253 g/mol. The van der Waals surface area contributed by atoms with Crippen LogP contribution < -0.4 is 10.1 Å². The Morgan fingerprint density at radius 3 is 2.25 bits per heavy atom. The van der Waals surface area contributed by atoms with Gasteiger partial charge < -0.3 is 10.1 Å². The van der Waals surface area contributed by atoms with Crippen LogP contribution >= 0.6 is 0 Å². The summed E-state index contributed by atoms with van der Waals surface area (Å²) in [5.74, 6) is 0.649. The third kappa shape index (κ3) is 3.58. The maximum absolute atomic E-state index is 13.9. The van der Waals surface area contributed by atoms with Crippen molar-refractivity contribution >= 4 is 0 Å². The molecule has 2 nitrogen and oxygen atoms in total. The van der Waals surface area contributed by atoms with Crippen molar-refractivity contribution in [1.82, 2.24) is 5.32 Å². The Balaban J connectivity index is 2.21. The second-order valence-corrected chi connectivity index (χ2v) is 5.03. The quantitative estimate of drug-likeness (QED) is 0.889. The number of hydrogen-bond donors (Lipinski definition) is 1.